The van der Waals surface area contributed by atoms with E-state index in [0.717, 1.165) is 6.42 Å². The zero-order valence-corrected chi connectivity index (χ0v) is 10.4. The van der Waals surface area contributed by atoms with Crippen molar-refractivity contribution in [3.8, 4) is 0 Å². The van der Waals surface area contributed by atoms with E-state index in [9.17, 15) is 9.59 Å². The van der Waals surface area contributed by atoms with Gasteiger partial charge in [0.2, 0.25) is 0 Å². The number of aliphatic carboxylic acids is 1. The van der Waals surface area contributed by atoms with Gasteiger partial charge in [-0.2, -0.15) is 0 Å². The van der Waals surface area contributed by atoms with Crippen LogP contribution in [0.25, 0.3) is 0 Å². The lowest BCUT2D eigenvalue weighted by Crippen LogP contribution is -2.50. The quantitative estimate of drug-likeness (QED) is 0.787. The van der Waals surface area contributed by atoms with Crippen molar-refractivity contribution in [3.05, 3.63) is 0 Å². The molecule has 1 aliphatic heterocycles. The number of carbonyl (C=O) groups excluding carboxylic acids is 1. The summed E-state index contributed by atoms with van der Waals surface area (Å²) in [5, 5.41) is 8.69. The van der Waals surface area contributed by atoms with E-state index in [-0.39, 0.29) is 18.6 Å². The van der Waals surface area contributed by atoms with Gasteiger partial charge in [0, 0.05) is 26.7 Å². The Bertz CT molecular complexity index is 283. The Labute approximate surface area is 101 Å². The zero-order chi connectivity index (χ0) is 12.8. The maximum Gasteiger partial charge on any atom is 0.319 e. The highest BCUT2D eigenvalue weighted by Gasteiger charge is 2.27. The largest absolute Gasteiger partial charge is 0.481 e. The Morgan fingerprint density at radius 2 is 2.24 bits per heavy atom. The first-order valence-corrected chi connectivity index (χ1v) is 5.88. The van der Waals surface area contributed by atoms with Crippen molar-refractivity contribution in [1.82, 2.24) is 9.80 Å². The van der Waals surface area contributed by atoms with Crippen molar-refractivity contribution >= 4 is 12.0 Å². The summed E-state index contributed by atoms with van der Waals surface area (Å²) < 4.78 is 5.32. The minimum atomic E-state index is -0.897. The standard InChI is InChI=1S/C11H20N2O4/c1-3-4-12(2)11(16)13-5-6-17-9(8-13)7-10(14)15/h9H,3-8H2,1-2H3,(H,14,15). The minimum absolute atomic E-state index is 0.0504. The molecule has 1 aliphatic rings. The molecule has 0 aliphatic carbocycles. The van der Waals surface area contributed by atoms with Gasteiger partial charge in [0.15, 0.2) is 0 Å². The van der Waals surface area contributed by atoms with Gasteiger partial charge in [-0.05, 0) is 6.42 Å². The lowest BCUT2D eigenvalue weighted by atomic mass is 10.2. The van der Waals surface area contributed by atoms with Crippen LogP contribution in [-0.2, 0) is 9.53 Å². The van der Waals surface area contributed by atoms with Crippen LogP contribution in [0.4, 0.5) is 4.79 Å². The van der Waals surface area contributed by atoms with Crippen LogP contribution in [0.2, 0.25) is 0 Å². The van der Waals surface area contributed by atoms with Gasteiger partial charge in [0.05, 0.1) is 19.1 Å². The number of carboxylic acid groups (broad SMARTS) is 1. The fourth-order valence-electron chi connectivity index (χ4n) is 1.88. The van der Waals surface area contributed by atoms with Gasteiger partial charge in [0.1, 0.15) is 0 Å². The molecule has 1 heterocycles. The number of hydrogen-bond acceptors (Lipinski definition) is 3. The molecule has 98 valence electrons. The Hall–Kier alpha value is -1.30. The normalized spacial score (nSPS) is 20.1. The van der Waals surface area contributed by atoms with Gasteiger partial charge in [0.25, 0.3) is 0 Å². The van der Waals surface area contributed by atoms with E-state index in [1.54, 1.807) is 16.8 Å². The van der Waals surface area contributed by atoms with Crippen molar-refractivity contribution < 1.29 is 19.4 Å². The average molecular weight is 244 g/mol. The van der Waals surface area contributed by atoms with Crippen LogP contribution in [0.5, 0.6) is 0 Å². The predicted octanol–water partition coefficient (Wildman–Crippen LogP) is 0.624. The molecule has 6 nitrogen and oxygen atoms in total. The van der Waals surface area contributed by atoms with E-state index in [4.69, 9.17) is 9.84 Å². The maximum atomic E-state index is 12.0. The topological polar surface area (TPSA) is 70.1 Å². The molecule has 1 saturated heterocycles. The monoisotopic (exact) mass is 244 g/mol. The van der Waals surface area contributed by atoms with Crippen molar-refractivity contribution in [1.29, 1.82) is 0 Å². The summed E-state index contributed by atoms with van der Waals surface area (Å²) in [7, 11) is 1.76. The lowest BCUT2D eigenvalue weighted by Gasteiger charge is -2.34. The molecule has 6 heteroatoms. The number of morpholine rings is 1. The third-order valence-electron chi connectivity index (χ3n) is 2.70. The summed E-state index contributed by atoms with van der Waals surface area (Å²) in [4.78, 5) is 25.9. The van der Waals surface area contributed by atoms with Crippen LogP contribution < -0.4 is 0 Å². The minimum Gasteiger partial charge on any atom is -0.481 e. The highest BCUT2D eigenvalue weighted by atomic mass is 16.5. The van der Waals surface area contributed by atoms with Crippen LogP contribution in [0, 0.1) is 0 Å². The smallest absolute Gasteiger partial charge is 0.319 e. The van der Waals surface area contributed by atoms with Crippen LogP contribution in [0.15, 0.2) is 0 Å². The molecule has 0 aromatic carbocycles. The highest BCUT2D eigenvalue weighted by molar-refractivity contribution is 5.74. The van der Waals surface area contributed by atoms with Crippen molar-refractivity contribution in [2.75, 3.05) is 33.3 Å². The number of hydrogen-bond donors (Lipinski definition) is 1. The van der Waals surface area contributed by atoms with Crippen LogP contribution in [-0.4, -0.2) is 66.3 Å². The number of rotatable bonds is 4. The molecule has 1 unspecified atom stereocenters. The van der Waals surface area contributed by atoms with Gasteiger partial charge in [-0.15, -0.1) is 0 Å². The Morgan fingerprint density at radius 1 is 1.53 bits per heavy atom. The Kier molecular flexibility index (Phi) is 5.21. The van der Waals surface area contributed by atoms with E-state index in [1.165, 1.54) is 0 Å². The molecule has 0 radical (unpaired) electrons. The Morgan fingerprint density at radius 3 is 2.82 bits per heavy atom. The van der Waals surface area contributed by atoms with Crippen LogP contribution in [0.3, 0.4) is 0 Å². The number of carboxylic acids is 1. The molecule has 1 N–H and O–H groups in total. The van der Waals surface area contributed by atoms with E-state index < -0.39 is 5.97 Å². The molecule has 0 aromatic rings. The number of nitrogens with zero attached hydrogens (tertiary/aromatic N) is 2. The van der Waals surface area contributed by atoms with Gasteiger partial charge in [-0.25, -0.2) is 4.79 Å². The summed E-state index contributed by atoms with van der Waals surface area (Å²) in [6.07, 6.45) is 0.465. The second-order valence-electron chi connectivity index (χ2n) is 4.24. The van der Waals surface area contributed by atoms with Crippen molar-refractivity contribution in [2.24, 2.45) is 0 Å². The van der Waals surface area contributed by atoms with E-state index in [0.29, 0.717) is 26.2 Å². The first-order chi connectivity index (χ1) is 8.04. The molecule has 17 heavy (non-hydrogen) atoms. The molecular formula is C11H20N2O4. The third kappa shape index (κ3) is 4.22. The molecule has 0 spiro atoms. The number of carbonyl (C=O) groups is 2. The van der Waals surface area contributed by atoms with E-state index in [1.807, 2.05) is 6.92 Å². The van der Waals surface area contributed by atoms with Gasteiger partial charge >= 0.3 is 12.0 Å². The molecule has 0 saturated carbocycles. The fourth-order valence-corrected chi connectivity index (χ4v) is 1.88. The number of ether oxygens (including phenoxy) is 1. The van der Waals surface area contributed by atoms with Gasteiger partial charge in [-0.1, -0.05) is 6.92 Å². The summed E-state index contributed by atoms with van der Waals surface area (Å²) in [6.45, 7) is 4.02. The number of amides is 2. The first kappa shape index (κ1) is 13.8. The highest BCUT2D eigenvalue weighted by Crippen LogP contribution is 2.10. The van der Waals surface area contributed by atoms with Gasteiger partial charge in [-0.3, -0.25) is 4.79 Å². The summed E-state index contributed by atoms with van der Waals surface area (Å²) >= 11 is 0. The van der Waals surface area contributed by atoms with Gasteiger partial charge < -0.3 is 19.6 Å². The first-order valence-electron chi connectivity index (χ1n) is 5.88. The number of urea groups is 1. The summed E-state index contributed by atoms with van der Waals surface area (Å²) in [5.41, 5.74) is 0. The molecule has 1 rings (SSSR count). The zero-order valence-electron chi connectivity index (χ0n) is 10.4. The van der Waals surface area contributed by atoms with Crippen LogP contribution in [0.1, 0.15) is 19.8 Å². The summed E-state index contributed by atoms with van der Waals surface area (Å²) in [5.74, 6) is -0.897. The predicted molar refractivity (Wildman–Crippen MR) is 61.9 cm³/mol. The SMILES string of the molecule is CCCN(C)C(=O)N1CCOC(CC(=O)O)C1. The fraction of sp³-hybridized carbons (Fsp3) is 0.818. The van der Waals surface area contributed by atoms with E-state index in [2.05, 4.69) is 0 Å². The van der Waals surface area contributed by atoms with E-state index >= 15 is 0 Å². The second kappa shape index (κ2) is 6.44. The second-order valence-corrected chi connectivity index (χ2v) is 4.24. The summed E-state index contributed by atoms with van der Waals surface area (Å²) in [6, 6.07) is -0.0504. The molecule has 0 bridgehead atoms. The molecule has 2 amide bonds. The Balaban J connectivity index is 2.48. The van der Waals surface area contributed by atoms with Crippen molar-refractivity contribution in [3.63, 3.8) is 0 Å². The molecular weight excluding hydrogens is 224 g/mol. The average Bonchev–Trinajstić information content (AvgIpc) is 2.28. The molecule has 1 atom stereocenters. The van der Waals surface area contributed by atoms with Crippen LogP contribution >= 0.6 is 0 Å². The molecule has 0 aromatic heterocycles. The third-order valence-corrected chi connectivity index (χ3v) is 2.70. The lowest BCUT2D eigenvalue weighted by molar-refractivity contribution is -0.141. The molecule has 1 fully saturated rings. The maximum absolute atomic E-state index is 12.0. The van der Waals surface area contributed by atoms with Crippen molar-refractivity contribution in [2.45, 2.75) is 25.9 Å².